The lowest BCUT2D eigenvalue weighted by Crippen LogP contribution is -2.17. The normalized spacial score (nSPS) is 9.74. The minimum absolute atomic E-state index is 0.657. The molecule has 0 radical (unpaired) electrons. The Kier molecular flexibility index (Phi) is 3.96. The van der Waals surface area contributed by atoms with Crippen LogP contribution in [0.2, 0.25) is 0 Å². The highest BCUT2D eigenvalue weighted by molar-refractivity contribution is 5.50. The minimum Gasteiger partial charge on any atom is -0.369 e. The van der Waals surface area contributed by atoms with Crippen molar-refractivity contribution in [2.45, 2.75) is 6.54 Å². The number of anilines is 2. The van der Waals surface area contributed by atoms with Crippen molar-refractivity contribution in [1.29, 1.82) is 5.26 Å². The molecule has 0 spiro atoms. The molecule has 5 heteroatoms. The first-order valence-corrected chi connectivity index (χ1v) is 5.86. The van der Waals surface area contributed by atoms with Gasteiger partial charge in [0.15, 0.2) is 0 Å². The van der Waals surface area contributed by atoms with Gasteiger partial charge in [0.2, 0.25) is 0 Å². The Balaban J connectivity index is 2.11. The largest absolute Gasteiger partial charge is 0.369 e. The molecular formula is C14H15N5. The van der Waals surface area contributed by atoms with E-state index >= 15 is 0 Å². The second-order valence-corrected chi connectivity index (χ2v) is 4.19. The quantitative estimate of drug-likeness (QED) is 0.642. The van der Waals surface area contributed by atoms with Gasteiger partial charge in [0.25, 0.3) is 0 Å². The van der Waals surface area contributed by atoms with Crippen molar-refractivity contribution < 1.29 is 0 Å². The van der Waals surface area contributed by atoms with Crippen molar-refractivity contribution in [3.05, 3.63) is 53.9 Å². The maximum Gasteiger partial charge on any atom is 0.0991 e. The third-order valence-corrected chi connectivity index (χ3v) is 2.82. The summed E-state index contributed by atoms with van der Waals surface area (Å²) >= 11 is 0. The summed E-state index contributed by atoms with van der Waals surface area (Å²) in [6.45, 7) is 0.668. The van der Waals surface area contributed by atoms with Gasteiger partial charge in [-0.2, -0.15) is 5.26 Å². The summed E-state index contributed by atoms with van der Waals surface area (Å²) < 4.78 is 0. The molecule has 0 bridgehead atoms. The van der Waals surface area contributed by atoms with E-state index in [4.69, 9.17) is 11.1 Å². The Bertz CT molecular complexity index is 586. The SMILES string of the molecule is CN(Cc1cc(NN)ccn1)c1ccc(C#N)cc1. The number of hydrogen-bond acceptors (Lipinski definition) is 5. The van der Waals surface area contributed by atoms with Crippen LogP contribution in [0.25, 0.3) is 0 Å². The number of pyridine rings is 1. The summed E-state index contributed by atoms with van der Waals surface area (Å²) in [6.07, 6.45) is 1.72. The molecule has 2 rings (SSSR count). The van der Waals surface area contributed by atoms with E-state index in [1.54, 1.807) is 18.3 Å². The van der Waals surface area contributed by atoms with Crippen molar-refractivity contribution >= 4 is 11.4 Å². The third kappa shape index (κ3) is 3.21. The van der Waals surface area contributed by atoms with Crippen LogP contribution in [0.1, 0.15) is 11.3 Å². The molecule has 5 nitrogen and oxygen atoms in total. The first kappa shape index (κ1) is 12.9. The average molecular weight is 253 g/mol. The van der Waals surface area contributed by atoms with Gasteiger partial charge in [0.05, 0.1) is 29.6 Å². The molecule has 0 amide bonds. The number of hydrazine groups is 1. The van der Waals surface area contributed by atoms with Crippen LogP contribution in [0.5, 0.6) is 0 Å². The molecule has 1 aromatic heterocycles. The molecule has 0 aliphatic rings. The van der Waals surface area contributed by atoms with Crippen LogP contribution in [0.15, 0.2) is 42.6 Å². The second-order valence-electron chi connectivity index (χ2n) is 4.19. The summed E-state index contributed by atoms with van der Waals surface area (Å²) in [6, 6.07) is 13.3. The lowest BCUT2D eigenvalue weighted by molar-refractivity contribution is 0.885. The zero-order valence-electron chi connectivity index (χ0n) is 10.7. The number of aromatic nitrogens is 1. The third-order valence-electron chi connectivity index (χ3n) is 2.82. The lowest BCUT2D eigenvalue weighted by atomic mass is 10.2. The van der Waals surface area contributed by atoms with Gasteiger partial charge in [-0.1, -0.05) is 0 Å². The highest BCUT2D eigenvalue weighted by atomic mass is 15.2. The molecular weight excluding hydrogens is 238 g/mol. The van der Waals surface area contributed by atoms with E-state index in [2.05, 4.69) is 21.4 Å². The fourth-order valence-corrected chi connectivity index (χ4v) is 1.78. The van der Waals surface area contributed by atoms with E-state index in [1.807, 2.05) is 31.3 Å². The van der Waals surface area contributed by atoms with Crippen LogP contribution in [-0.2, 0) is 6.54 Å². The number of rotatable bonds is 4. The molecule has 2 aromatic rings. The summed E-state index contributed by atoms with van der Waals surface area (Å²) in [5, 5.41) is 8.77. The lowest BCUT2D eigenvalue weighted by Gasteiger charge is -2.19. The van der Waals surface area contributed by atoms with E-state index in [0.29, 0.717) is 12.1 Å². The first-order chi connectivity index (χ1) is 9.22. The van der Waals surface area contributed by atoms with Crippen LogP contribution >= 0.6 is 0 Å². The zero-order valence-corrected chi connectivity index (χ0v) is 10.7. The summed E-state index contributed by atoms with van der Waals surface area (Å²) in [5.74, 6) is 5.37. The predicted molar refractivity (Wildman–Crippen MR) is 75.3 cm³/mol. The molecule has 1 heterocycles. The molecule has 0 saturated carbocycles. The Morgan fingerprint density at radius 3 is 2.68 bits per heavy atom. The fraction of sp³-hybridized carbons (Fsp3) is 0.143. The van der Waals surface area contributed by atoms with Gasteiger partial charge >= 0.3 is 0 Å². The van der Waals surface area contributed by atoms with E-state index in [1.165, 1.54) is 0 Å². The van der Waals surface area contributed by atoms with Crippen LogP contribution < -0.4 is 16.2 Å². The smallest absolute Gasteiger partial charge is 0.0991 e. The van der Waals surface area contributed by atoms with Crippen molar-refractivity contribution in [3.63, 3.8) is 0 Å². The van der Waals surface area contributed by atoms with Crippen molar-refractivity contribution in [3.8, 4) is 6.07 Å². The van der Waals surface area contributed by atoms with E-state index in [0.717, 1.165) is 17.1 Å². The predicted octanol–water partition coefficient (Wildman–Crippen LogP) is 1.88. The Hall–Kier alpha value is -2.58. The average Bonchev–Trinajstić information content (AvgIpc) is 2.47. The summed E-state index contributed by atoms with van der Waals surface area (Å²) in [7, 11) is 1.98. The van der Waals surface area contributed by atoms with Crippen LogP contribution in [0.4, 0.5) is 11.4 Å². The van der Waals surface area contributed by atoms with Crippen LogP contribution in [0, 0.1) is 11.3 Å². The number of benzene rings is 1. The number of nitrogens with one attached hydrogen (secondary N) is 1. The summed E-state index contributed by atoms with van der Waals surface area (Å²) in [4.78, 5) is 6.36. The van der Waals surface area contributed by atoms with E-state index in [-0.39, 0.29) is 0 Å². The molecule has 0 saturated heterocycles. The van der Waals surface area contributed by atoms with Gasteiger partial charge < -0.3 is 10.3 Å². The summed E-state index contributed by atoms with van der Waals surface area (Å²) in [5.41, 5.74) is 6.04. The molecule has 1 aromatic carbocycles. The Labute approximate surface area is 112 Å². The van der Waals surface area contributed by atoms with Crippen LogP contribution in [-0.4, -0.2) is 12.0 Å². The maximum atomic E-state index is 8.77. The van der Waals surface area contributed by atoms with Gasteiger partial charge in [-0.15, -0.1) is 0 Å². The van der Waals surface area contributed by atoms with Crippen LogP contribution in [0.3, 0.4) is 0 Å². The topological polar surface area (TPSA) is 78.0 Å². The van der Waals surface area contributed by atoms with E-state index < -0.39 is 0 Å². The maximum absolute atomic E-state index is 8.77. The highest BCUT2D eigenvalue weighted by Crippen LogP contribution is 2.16. The van der Waals surface area contributed by atoms with Gasteiger partial charge in [-0.05, 0) is 36.4 Å². The molecule has 3 N–H and O–H groups in total. The Morgan fingerprint density at radius 2 is 2.05 bits per heavy atom. The van der Waals surface area contributed by atoms with Gasteiger partial charge in [-0.3, -0.25) is 10.8 Å². The number of hydrogen-bond donors (Lipinski definition) is 2. The molecule has 0 atom stereocenters. The number of nitrogens with two attached hydrogens (primary N) is 1. The van der Waals surface area contributed by atoms with Crippen molar-refractivity contribution in [2.24, 2.45) is 5.84 Å². The zero-order chi connectivity index (χ0) is 13.7. The first-order valence-electron chi connectivity index (χ1n) is 5.86. The van der Waals surface area contributed by atoms with E-state index in [9.17, 15) is 0 Å². The number of nitriles is 1. The molecule has 0 unspecified atom stereocenters. The molecule has 0 aliphatic carbocycles. The van der Waals surface area contributed by atoms with Crippen molar-refractivity contribution in [2.75, 3.05) is 17.4 Å². The van der Waals surface area contributed by atoms with Gasteiger partial charge in [0.1, 0.15) is 0 Å². The minimum atomic E-state index is 0.657. The standard InChI is InChI=1S/C14H15N5/c1-19(14-4-2-11(9-15)3-5-14)10-13-8-12(18-16)6-7-17-13/h2-8H,10,16H2,1H3,(H,17,18). The Morgan fingerprint density at radius 1 is 1.32 bits per heavy atom. The molecule has 19 heavy (non-hydrogen) atoms. The van der Waals surface area contributed by atoms with Gasteiger partial charge in [0, 0.05) is 18.9 Å². The molecule has 0 fully saturated rings. The second kappa shape index (κ2) is 5.85. The highest BCUT2D eigenvalue weighted by Gasteiger charge is 2.04. The number of nitrogens with zero attached hydrogens (tertiary/aromatic N) is 3. The molecule has 96 valence electrons. The van der Waals surface area contributed by atoms with Crippen molar-refractivity contribution in [1.82, 2.24) is 4.98 Å². The monoisotopic (exact) mass is 253 g/mol. The number of nitrogen functional groups attached to an aromatic ring is 1. The fourth-order valence-electron chi connectivity index (χ4n) is 1.78. The molecule has 0 aliphatic heterocycles. The van der Waals surface area contributed by atoms with Gasteiger partial charge in [-0.25, -0.2) is 0 Å².